The Morgan fingerprint density at radius 2 is 0.881 bits per heavy atom. The van der Waals surface area contributed by atoms with Gasteiger partial charge in [0, 0.05) is 35.4 Å². The van der Waals surface area contributed by atoms with Gasteiger partial charge in [0.05, 0.1) is 0 Å². The molecule has 0 aliphatic rings. The summed E-state index contributed by atoms with van der Waals surface area (Å²) in [6, 6.07) is 61.7. The van der Waals surface area contributed by atoms with Crippen molar-refractivity contribution in [1.29, 1.82) is 0 Å². The van der Waals surface area contributed by atoms with Crippen LogP contribution in [0.1, 0.15) is 0 Å². The van der Waals surface area contributed by atoms with Crippen molar-refractivity contribution in [2.75, 3.05) is 0 Å². The van der Waals surface area contributed by atoms with Gasteiger partial charge in [-0.3, -0.25) is 0 Å². The largest absolute Gasteiger partial charge is 2.00 e. The second-order valence-electron chi connectivity index (χ2n) is 13.1. The summed E-state index contributed by atoms with van der Waals surface area (Å²) in [5.74, 6) is 2.42. The van der Waals surface area contributed by atoms with Crippen LogP contribution < -0.4 is 9.47 Å². The molecule has 10 aromatic rings. The quantitative estimate of drug-likeness (QED) is 0.105. The monoisotopic (exact) mass is 1030 g/mol. The summed E-state index contributed by atoms with van der Waals surface area (Å²) >= 11 is 0. The van der Waals surface area contributed by atoms with Gasteiger partial charge in [-0.15, -0.1) is 47.5 Å². The van der Waals surface area contributed by atoms with Gasteiger partial charge in [-0.05, 0) is 34.6 Å². The van der Waals surface area contributed by atoms with Crippen molar-refractivity contribution in [2.24, 2.45) is 0 Å². The van der Waals surface area contributed by atoms with Crippen LogP contribution in [0.15, 0.2) is 171 Å². The van der Waals surface area contributed by atoms with Crippen LogP contribution in [0.3, 0.4) is 0 Å². The Balaban J connectivity index is 0.00000242. The van der Waals surface area contributed by atoms with Gasteiger partial charge in [-0.1, -0.05) is 131 Å². The van der Waals surface area contributed by atoms with Gasteiger partial charge in [0.15, 0.2) is 0 Å². The molecular weight excluding hydrogens is 1010 g/mol. The SMILES string of the molecule is [Pd+2].[Pt+2].[c-]1c(Oc2[c-]c3c(cc2)c2ccc(Oc4[c-]c(-c5ccccn5)cc(-c5ccccc5)c4)[c-]c2n3-c2ncncn2)cc(-c2ccccc2)cc1-c1ccccn1. The average molecular weight is 1030 g/mol. The Morgan fingerprint density at radius 3 is 1.32 bits per heavy atom. The Hall–Kier alpha value is -6.62. The van der Waals surface area contributed by atoms with Crippen molar-refractivity contribution in [2.45, 2.75) is 0 Å². The number of aromatic nitrogens is 6. The zero-order chi connectivity index (χ0) is 38.0. The van der Waals surface area contributed by atoms with E-state index in [2.05, 4.69) is 85.6 Å². The summed E-state index contributed by atoms with van der Waals surface area (Å²) in [5, 5.41) is 1.82. The number of ether oxygens (including phenoxy) is 2. The maximum absolute atomic E-state index is 6.55. The van der Waals surface area contributed by atoms with Crippen molar-refractivity contribution in [3.8, 4) is 73.7 Å². The number of hydrogen-bond acceptors (Lipinski definition) is 7. The molecule has 10 heteroatoms. The third-order valence-corrected chi connectivity index (χ3v) is 9.44. The molecule has 0 amide bonds. The first kappa shape index (κ1) is 39.2. The van der Waals surface area contributed by atoms with Crippen LogP contribution in [0.4, 0.5) is 0 Å². The maximum Gasteiger partial charge on any atom is 2.00 e. The van der Waals surface area contributed by atoms with E-state index in [9.17, 15) is 0 Å². The number of rotatable bonds is 9. The van der Waals surface area contributed by atoms with E-state index in [1.54, 1.807) is 12.4 Å². The number of hydrogen-bond donors (Lipinski definition) is 0. The minimum Gasteiger partial charge on any atom is -0.503 e. The minimum atomic E-state index is 0. The zero-order valence-corrected chi connectivity index (χ0v) is 34.6. The molecule has 6 aromatic carbocycles. The Morgan fingerprint density at radius 1 is 0.424 bits per heavy atom. The molecule has 8 nitrogen and oxygen atoms in total. The normalized spacial score (nSPS) is 10.8. The molecule has 10 rings (SSSR count). The molecule has 0 unspecified atom stereocenters. The number of benzene rings is 6. The summed E-state index contributed by atoms with van der Waals surface area (Å²) in [7, 11) is 0. The fraction of sp³-hybridized carbons (Fsp3) is 0. The molecule has 59 heavy (non-hydrogen) atoms. The summed E-state index contributed by atoms with van der Waals surface area (Å²) in [6.07, 6.45) is 6.47. The number of fused-ring (bicyclic) bond motifs is 3. The fourth-order valence-electron chi connectivity index (χ4n) is 6.84. The molecule has 0 N–H and O–H groups in total. The third kappa shape index (κ3) is 8.23. The van der Waals surface area contributed by atoms with E-state index in [1.807, 2.05) is 114 Å². The Bertz CT molecular complexity index is 2710. The molecular formula is C49H28N6O2PdPt. The topological polar surface area (TPSA) is 87.8 Å². The van der Waals surface area contributed by atoms with Crippen LogP contribution in [0.25, 0.3) is 72.5 Å². The Labute approximate surface area is 368 Å². The van der Waals surface area contributed by atoms with E-state index in [-0.39, 0.29) is 41.5 Å². The van der Waals surface area contributed by atoms with Gasteiger partial charge in [0.25, 0.3) is 0 Å². The van der Waals surface area contributed by atoms with E-state index < -0.39 is 0 Å². The molecule has 0 bridgehead atoms. The molecule has 0 saturated carbocycles. The molecule has 0 atom stereocenters. The molecule has 0 fully saturated rings. The zero-order valence-electron chi connectivity index (χ0n) is 30.8. The van der Waals surface area contributed by atoms with E-state index in [0.717, 1.165) is 55.5 Å². The van der Waals surface area contributed by atoms with Crippen molar-refractivity contribution in [1.82, 2.24) is 29.5 Å². The number of pyridine rings is 2. The van der Waals surface area contributed by atoms with Gasteiger partial charge >= 0.3 is 41.5 Å². The van der Waals surface area contributed by atoms with Crippen molar-refractivity contribution >= 4 is 21.8 Å². The summed E-state index contributed by atoms with van der Waals surface area (Å²) in [6.45, 7) is 0. The van der Waals surface area contributed by atoms with Crippen LogP contribution in [0.2, 0.25) is 0 Å². The molecule has 0 spiro atoms. The number of nitrogens with zero attached hydrogens (tertiary/aromatic N) is 6. The molecule has 0 saturated heterocycles. The first-order valence-corrected chi connectivity index (χ1v) is 18.2. The second-order valence-corrected chi connectivity index (χ2v) is 13.1. The van der Waals surface area contributed by atoms with Gasteiger partial charge in [-0.2, -0.15) is 22.9 Å². The van der Waals surface area contributed by atoms with Crippen molar-refractivity contribution in [3.05, 3.63) is 195 Å². The minimum absolute atomic E-state index is 0. The van der Waals surface area contributed by atoms with E-state index in [4.69, 9.17) is 9.47 Å². The van der Waals surface area contributed by atoms with E-state index >= 15 is 0 Å². The van der Waals surface area contributed by atoms with Crippen LogP contribution in [0.5, 0.6) is 23.0 Å². The second kappa shape index (κ2) is 17.5. The maximum atomic E-state index is 6.55. The molecule has 0 aliphatic carbocycles. The van der Waals surface area contributed by atoms with Crippen LogP contribution in [-0.2, 0) is 41.5 Å². The molecule has 286 valence electrons. The molecule has 0 aliphatic heterocycles. The fourth-order valence-corrected chi connectivity index (χ4v) is 6.84. The predicted octanol–water partition coefficient (Wildman–Crippen LogP) is 11.2. The summed E-state index contributed by atoms with van der Waals surface area (Å²) in [4.78, 5) is 22.3. The van der Waals surface area contributed by atoms with E-state index in [1.165, 1.54) is 12.7 Å². The first-order chi connectivity index (χ1) is 28.2. The smallest absolute Gasteiger partial charge is 0.503 e. The van der Waals surface area contributed by atoms with E-state index in [0.29, 0.717) is 40.0 Å². The summed E-state index contributed by atoms with van der Waals surface area (Å²) < 4.78 is 15.0. The van der Waals surface area contributed by atoms with Gasteiger partial charge in [-0.25, -0.2) is 15.0 Å². The van der Waals surface area contributed by atoms with Crippen molar-refractivity contribution in [3.63, 3.8) is 0 Å². The first-order valence-electron chi connectivity index (χ1n) is 18.2. The third-order valence-electron chi connectivity index (χ3n) is 9.44. The van der Waals surface area contributed by atoms with Crippen LogP contribution in [0, 0.1) is 24.3 Å². The molecule has 4 heterocycles. The van der Waals surface area contributed by atoms with Gasteiger partial charge in [0.1, 0.15) is 12.7 Å². The van der Waals surface area contributed by atoms with Gasteiger partial charge in [0.2, 0.25) is 5.95 Å². The van der Waals surface area contributed by atoms with Crippen LogP contribution >= 0.6 is 0 Å². The molecule has 0 radical (unpaired) electrons. The predicted molar refractivity (Wildman–Crippen MR) is 220 cm³/mol. The average Bonchev–Trinajstić information content (AvgIpc) is 3.60. The molecule has 4 aromatic heterocycles. The van der Waals surface area contributed by atoms with Crippen molar-refractivity contribution < 1.29 is 51.0 Å². The van der Waals surface area contributed by atoms with Crippen LogP contribution in [-0.4, -0.2) is 29.5 Å². The van der Waals surface area contributed by atoms with Gasteiger partial charge < -0.3 is 24.0 Å². The summed E-state index contributed by atoms with van der Waals surface area (Å²) in [5.41, 5.74) is 8.66. The Kier molecular flexibility index (Phi) is 11.6. The standard InChI is InChI=1S/C49H28N6O2.Pd.Pt/c1-3-11-33(12-4-1)35-23-37(45-15-7-9-21-51-45)27-41(25-35)56-39-17-19-43-44-20-18-40(30-48(44)55(47(43)29-39)49-53-31-50-32-54-49)57-42-26-36(34-13-5-2-6-14-34)24-38(28-42)46-16-8-10-22-52-46;;/h1-26,31-32H;;/q-4;2*+2.